The first kappa shape index (κ1) is 14.6. The van der Waals surface area contributed by atoms with Crippen LogP contribution in [0.4, 0.5) is 0 Å². The van der Waals surface area contributed by atoms with Gasteiger partial charge < -0.3 is 5.53 Å². The maximum atomic E-state index is 11.5. The SMILES string of the molecule is [N-]=[N+]=C1C=c2ccccc2=C(S(=O)(=O)O)C1S(=O)(=O)O. The largest absolute Gasteiger partial charge is 0.361 e. The molecule has 1 aliphatic rings. The van der Waals surface area contributed by atoms with Crippen LogP contribution in [0.1, 0.15) is 0 Å². The molecule has 1 atom stereocenters. The number of nitrogens with zero attached hydrogens (tertiary/aromatic N) is 2. The summed E-state index contributed by atoms with van der Waals surface area (Å²) in [6.07, 6.45) is 1.10. The van der Waals surface area contributed by atoms with E-state index in [-0.39, 0.29) is 10.4 Å². The van der Waals surface area contributed by atoms with Crippen LogP contribution in [0.3, 0.4) is 0 Å². The van der Waals surface area contributed by atoms with Crippen LogP contribution in [0.2, 0.25) is 0 Å². The summed E-state index contributed by atoms with van der Waals surface area (Å²) in [5.74, 6) is 0. The highest BCUT2D eigenvalue weighted by Crippen LogP contribution is 2.20. The predicted molar refractivity (Wildman–Crippen MR) is 69.1 cm³/mol. The Morgan fingerprint density at radius 2 is 1.70 bits per heavy atom. The van der Waals surface area contributed by atoms with E-state index in [9.17, 15) is 21.4 Å². The van der Waals surface area contributed by atoms with E-state index in [4.69, 9.17) is 10.1 Å². The second-order valence-electron chi connectivity index (χ2n) is 3.99. The molecule has 0 saturated heterocycles. The van der Waals surface area contributed by atoms with Gasteiger partial charge in [-0.1, -0.05) is 24.3 Å². The van der Waals surface area contributed by atoms with Gasteiger partial charge in [0, 0.05) is 11.3 Å². The van der Waals surface area contributed by atoms with Crippen LogP contribution in [0.15, 0.2) is 24.3 Å². The van der Waals surface area contributed by atoms with Crippen molar-refractivity contribution < 1.29 is 30.7 Å². The third-order valence-corrected chi connectivity index (χ3v) is 4.96. The second kappa shape index (κ2) is 4.62. The molecular formula is C10H8N2O6S2. The Morgan fingerprint density at radius 1 is 1.10 bits per heavy atom. The van der Waals surface area contributed by atoms with E-state index in [1.54, 1.807) is 6.07 Å². The lowest BCUT2D eigenvalue weighted by Gasteiger charge is -2.14. The van der Waals surface area contributed by atoms with Gasteiger partial charge in [0.2, 0.25) is 5.25 Å². The minimum absolute atomic E-state index is 0.0926. The monoisotopic (exact) mass is 316 g/mol. The maximum Gasteiger partial charge on any atom is 0.318 e. The summed E-state index contributed by atoms with van der Waals surface area (Å²) in [7, 11) is -9.91. The van der Waals surface area contributed by atoms with Crippen LogP contribution in [0.25, 0.3) is 16.5 Å². The quantitative estimate of drug-likeness (QED) is 0.382. The molecule has 1 unspecified atom stereocenters. The molecule has 0 spiro atoms. The lowest BCUT2D eigenvalue weighted by molar-refractivity contribution is -0.00363. The van der Waals surface area contributed by atoms with E-state index >= 15 is 0 Å². The minimum Gasteiger partial charge on any atom is -0.361 e. The lowest BCUT2D eigenvalue weighted by Crippen LogP contribution is -2.45. The van der Waals surface area contributed by atoms with Crippen LogP contribution < -0.4 is 10.4 Å². The van der Waals surface area contributed by atoms with Crippen LogP contribution in [-0.4, -0.2) is 41.7 Å². The van der Waals surface area contributed by atoms with Gasteiger partial charge in [-0.3, -0.25) is 9.11 Å². The van der Waals surface area contributed by atoms with Gasteiger partial charge in [-0.2, -0.15) is 21.6 Å². The standard InChI is InChI=1S/C10H8N2O6S2/c11-12-8-5-6-3-1-2-4-7(6)9(19(13,14)15)10(8)20(16,17)18/h1-5,10H,(H,13,14,15)(H,16,17,18). The van der Waals surface area contributed by atoms with Crippen molar-refractivity contribution in [2.75, 3.05) is 0 Å². The first-order valence-electron chi connectivity index (χ1n) is 5.13. The second-order valence-corrected chi connectivity index (χ2v) is 6.88. The number of benzene rings is 1. The van der Waals surface area contributed by atoms with Crippen molar-refractivity contribution in [3.05, 3.63) is 40.2 Å². The van der Waals surface area contributed by atoms with E-state index in [0.29, 0.717) is 0 Å². The normalized spacial score (nSPS) is 19.0. The molecule has 0 aromatic heterocycles. The van der Waals surface area contributed by atoms with Crippen molar-refractivity contribution in [1.82, 2.24) is 0 Å². The number of rotatable bonds is 2. The summed E-state index contributed by atoms with van der Waals surface area (Å²) in [6.45, 7) is 0. The van der Waals surface area contributed by atoms with Crippen molar-refractivity contribution in [1.29, 1.82) is 0 Å². The van der Waals surface area contributed by atoms with Crippen LogP contribution in [0, 0.1) is 0 Å². The molecule has 8 nitrogen and oxygen atoms in total. The Bertz CT molecular complexity index is 955. The molecule has 0 saturated carbocycles. The van der Waals surface area contributed by atoms with Crippen LogP contribution >= 0.6 is 0 Å². The Balaban J connectivity index is 3.13. The van der Waals surface area contributed by atoms with Crippen LogP contribution in [-0.2, 0) is 20.2 Å². The third-order valence-electron chi connectivity index (χ3n) is 2.73. The molecule has 0 bridgehead atoms. The van der Waals surface area contributed by atoms with Gasteiger partial charge in [-0.25, -0.2) is 0 Å². The zero-order valence-corrected chi connectivity index (χ0v) is 11.3. The molecule has 106 valence electrons. The van der Waals surface area contributed by atoms with Crippen molar-refractivity contribution in [3.63, 3.8) is 0 Å². The van der Waals surface area contributed by atoms with Crippen molar-refractivity contribution in [2.24, 2.45) is 0 Å². The summed E-state index contributed by atoms with van der Waals surface area (Å²) in [5.41, 5.74) is 8.21. The molecule has 0 fully saturated rings. The fraction of sp³-hybridized carbons (Fsp3) is 0.100. The highest BCUT2D eigenvalue weighted by atomic mass is 32.2. The van der Waals surface area contributed by atoms with Gasteiger partial charge in [0.05, 0.1) is 0 Å². The van der Waals surface area contributed by atoms with E-state index in [1.165, 1.54) is 18.2 Å². The van der Waals surface area contributed by atoms with Crippen molar-refractivity contribution >= 4 is 36.9 Å². The average molecular weight is 316 g/mol. The van der Waals surface area contributed by atoms with Crippen molar-refractivity contribution in [3.8, 4) is 0 Å². The zero-order chi connectivity index (χ0) is 15.1. The van der Waals surface area contributed by atoms with Gasteiger partial charge in [-0.05, 0) is 5.22 Å². The lowest BCUT2D eigenvalue weighted by atomic mass is 10.1. The van der Waals surface area contributed by atoms with Gasteiger partial charge in [-0.15, -0.1) is 0 Å². The number of hydrogen-bond acceptors (Lipinski definition) is 4. The molecule has 0 heterocycles. The summed E-state index contributed by atoms with van der Waals surface area (Å²) in [5, 5.41) is -2.05. The van der Waals surface area contributed by atoms with Crippen molar-refractivity contribution in [2.45, 2.75) is 5.25 Å². The third kappa shape index (κ3) is 2.42. The highest BCUT2D eigenvalue weighted by Gasteiger charge is 2.45. The zero-order valence-electron chi connectivity index (χ0n) is 9.70. The smallest absolute Gasteiger partial charge is 0.318 e. The fourth-order valence-corrected chi connectivity index (χ4v) is 4.40. The maximum absolute atomic E-state index is 11.5. The summed E-state index contributed by atoms with van der Waals surface area (Å²) in [6, 6.07) is 5.67. The summed E-state index contributed by atoms with van der Waals surface area (Å²) < 4.78 is 64.1. The van der Waals surface area contributed by atoms with E-state index in [1.807, 2.05) is 0 Å². The molecule has 2 N–H and O–H groups in total. The molecule has 1 aliphatic carbocycles. The molecule has 1 aromatic rings. The average Bonchev–Trinajstić information content (AvgIpc) is 2.34. The molecule has 1 aromatic carbocycles. The summed E-state index contributed by atoms with van der Waals surface area (Å²) >= 11 is 0. The van der Waals surface area contributed by atoms with E-state index < -0.39 is 36.1 Å². The molecule has 0 aliphatic heterocycles. The minimum atomic E-state index is -4.96. The summed E-state index contributed by atoms with van der Waals surface area (Å²) in [4.78, 5) is 1.73. The van der Waals surface area contributed by atoms with E-state index in [2.05, 4.69) is 4.79 Å². The highest BCUT2D eigenvalue weighted by molar-refractivity contribution is 7.98. The molecular weight excluding hydrogens is 308 g/mol. The van der Waals surface area contributed by atoms with Crippen LogP contribution in [0.5, 0.6) is 0 Å². The Hall–Kier alpha value is -1.84. The first-order valence-corrected chi connectivity index (χ1v) is 8.07. The van der Waals surface area contributed by atoms with Gasteiger partial charge in [0.15, 0.2) is 0 Å². The van der Waals surface area contributed by atoms with Gasteiger partial charge in [0.1, 0.15) is 4.91 Å². The first-order chi connectivity index (χ1) is 9.16. The molecule has 0 amide bonds. The molecule has 20 heavy (non-hydrogen) atoms. The number of hydrogen-bond donors (Lipinski definition) is 2. The molecule has 2 rings (SSSR count). The Morgan fingerprint density at radius 3 is 2.20 bits per heavy atom. The molecule has 10 heteroatoms. The molecule has 0 radical (unpaired) electrons. The van der Waals surface area contributed by atoms with Gasteiger partial charge in [0.25, 0.3) is 20.2 Å². The predicted octanol–water partition coefficient (Wildman–Crippen LogP) is -1.60. The van der Waals surface area contributed by atoms with E-state index in [0.717, 1.165) is 6.08 Å². The Kier molecular flexibility index (Phi) is 3.36. The van der Waals surface area contributed by atoms with Gasteiger partial charge >= 0.3 is 5.71 Å². The fourth-order valence-electron chi connectivity index (χ4n) is 2.00. The Labute approximate surface area is 113 Å². The topological polar surface area (TPSA) is 145 Å². The number of fused-ring (bicyclic) bond motifs is 1.